The van der Waals surface area contributed by atoms with Crippen molar-refractivity contribution in [1.29, 1.82) is 0 Å². The molecular formula is C12H21BrO. The average Bonchev–Trinajstić information content (AvgIpc) is 2.86. The molecule has 2 aliphatic rings. The number of alkyl halides is 1. The molecule has 2 heteroatoms. The van der Waals surface area contributed by atoms with E-state index in [9.17, 15) is 0 Å². The lowest BCUT2D eigenvalue weighted by Gasteiger charge is -2.23. The van der Waals surface area contributed by atoms with Gasteiger partial charge in [0.1, 0.15) is 0 Å². The average molecular weight is 261 g/mol. The molecule has 0 spiro atoms. The molecule has 82 valence electrons. The fraction of sp³-hybridized carbons (Fsp3) is 1.00. The summed E-state index contributed by atoms with van der Waals surface area (Å²) in [5.41, 5.74) is 0. The fourth-order valence-electron chi connectivity index (χ4n) is 2.98. The largest absolute Gasteiger partial charge is 0.378 e. The van der Waals surface area contributed by atoms with Crippen molar-refractivity contribution in [2.45, 2.75) is 51.0 Å². The molecule has 2 rings (SSSR count). The van der Waals surface area contributed by atoms with E-state index in [-0.39, 0.29) is 0 Å². The molecule has 1 aliphatic heterocycles. The van der Waals surface area contributed by atoms with Crippen molar-refractivity contribution in [2.75, 3.05) is 11.9 Å². The molecule has 0 radical (unpaired) electrons. The topological polar surface area (TPSA) is 9.23 Å². The van der Waals surface area contributed by atoms with E-state index in [1.165, 1.54) is 50.3 Å². The van der Waals surface area contributed by atoms with Crippen LogP contribution in [-0.4, -0.2) is 18.0 Å². The molecule has 0 aromatic carbocycles. The molecule has 1 saturated heterocycles. The Bertz CT molecular complexity index is 160. The Hall–Kier alpha value is 0.440. The highest BCUT2D eigenvalue weighted by Crippen LogP contribution is 2.36. The van der Waals surface area contributed by atoms with Gasteiger partial charge in [-0.2, -0.15) is 0 Å². The summed E-state index contributed by atoms with van der Waals surface area (Å²) in [6, 6.07) is 0. The number of halogens is 1. The highest BCUT2D eigenvalue weighted by atomic mass is 79.9. The molecule has 14 heavy (non-hydrogen) atoms. The highest BCUT2D eigenvalue weighted by Gasteiger charge is 2.28. The van der Waals surface area contributed by atoms with E-state index in [0.717, 1.165) is 18.4 Å². The van der Waals surface area contributed by atoms with Crippen LogP contribution in [0.15, 0.2) is 0 Å². The van der Waals surface area contributed by atoms with Gasteiger partial charge in [-0.3, -0.25) is 0 Å². The van der Waals surface area contributed by atoms with Gasteiger partial charge >= 0.3 is 0 Å². The minimum absolute atomic E-state index is 0.582. The molecule has 2 atom stereocenters. The van der Waals surface area contributed by atoms with E-state index in [1.807, 2.05) is 0 Å². The molecule has 0 aromatic rings. The summed E-state index contributed by atoms with van der Waals surface area (Å²) >= 11 is 3.68. The highest BCUT2D eigenvalue weighted by molar-refractivity contribution is 9.09. The Morgan fingerprint density at radius 2 is 1.93 bits per heavy atom. The van der Waals surface area contributed by atoms with Gasteiger partial charge in [0.15, 0.2) is 0 Å². The minimum Gasteiger partial charge on any atom is -0.378 e. The van der Waals surface area contributed by atoms with Crippen LogP contribution in [-0.2, 0) is 4.74 Å². The zero-order valence-electron chi connectivity index (χ0n) is 8.88. The van der Waals surface area contributed by atoms with E-state index in [1.54, 1.807) is 0 Å². The fourth-order valence-corrected chi connectivity index (χ4v) is 3.77. The standard InChI is InChI=1S/C12H21BrO/c13-9-11(10-4-1-2-5-10)8-12-6-3-7-14-12/h10-12H,1-9H2. The SMILES string of the molecule is BrCC(CC1CCCO1)C1CCCC1. The summed E-state index contributed by atoms with van der Waals surface area (Å²) in [5, 5.41) is 1.18. The maximum absolute atomic E-state index is 5.72. The summed E-state index contributed by atoms with van der Waals surface area (Å²) in [6.45, 7) is 1.00. The van der Waals surface area contributed by atoms with Crippen LogP contribution in [0, 0.1) is 11.8 Å². The van der Waals surface area contributed by atoms with Gasteiger partial charge in [0.25, 0.3) is 0 Å². The van der Waals surface area contributed by atoms with Crippen LogP contribution in [0.25, 0.3) is 0 Å². The molecule has 0 amide bonds. The van der Waals surface area contributed by atoms with Gasteiger partial charge < -0.3 is 4.74 Å². The summed E-state index contributed by atoms with van der Waals surface area (Å²) in [6.07, 6.45) is 10.3. The van der Waals surface area contributed by atoms with Crippen LogP contribution in [0.4, 0.5) is 0 Å². The van der Waals surface area contributed by atoms with E-state index in [0.29, 0.717) is 6.10 Å². The summed E-state index contributed by atoms with van der Waals surface area (Å²) in [4.78, 5) is 0. The van der Waals surface area contributed by atoms with Gasteiger partial charge in [0.2, 0.25) is 0 Å². The van der Waals surface area contributed by atoms with Crippen molar-refractivity contribution >= 4 is 15.9 Å². The molecule has 1 aliphatic carbocycles. The lowest BCUT2D eigenvalue weighted by atomic mass is 9.87. The number of hydrogen-bond donors (Lipinski definition) is 0. The van der Waals surface area contributed by atoms with Crippen LogP contribution < -0.4 is 0 Å². The normalized spacial score (nSPS) is 31.1. The summed E-state index contributed by atoms with van der Waals surface area (Å²) < 4.78 is 5.72. The maximum atomic E-state index is 5.72. The van der Waals surface area contributed by atoms with Crippen molar-refractivity contribution in [3.63, 3.8) is 0 Å². The number of rotatable bonds is 4. The minimum atomic E-state index is 0.582. The second kappa shape index (κ2) is 5.50. The van der Waals surface area contributed by atoms with Crippen molar-refractivity contribution in [3.8, 4) is 0 Å². The molecule has 1 saturated carbocycles. The first-order valence-corrected chi connectivity index (χ1v) is 7.20. The van der Waals surface area contributed by atoms with Crippen LogP contribution in [0.1, 0.15) is 44.9 Å². The molecule has 0 N–H and O–H groups in total. The predicted octanol–water partition coefficient (Wildman–Crippen LogP) is 3.76. The molecule has 1 heterocycles. The first-order valence-electron chi connectivity index (χ1n) is 6.07. The predicted molar refractivity (Wildman–Crippen MR) is 62.8 cm³/mol. The van der Waals surface area contributed by atoms with Gasteiger partial charge in [-0.25, -0.2) is 0 Å². The second-order valence-electron chi connectivity index (χ2n) is 4.83. The lowest BCUT2D eigenvalue weighted by Crippen LogP contribution is -2.20. The van der Waals surface area contributed by atoms with E-state index in [4.69, 9.17) is 4.74 Å². The molecule has 1 nitrogen and oxygen atoms in total. The smallest absolute Gasteiger partial charge is 0.0579 e. The van der Waals surface area contributed by atoms with Crippen molar-refractivity contribution in [1.82, 2.24) is 0 Å². The van der Waals surface area contributed by atoms with Gasteiger partial charge in [0, 0.05) is 11.9 Å². The third kappa shape index (κ3) is 2.73. The van der Waals surface area contributed by atoms with Gasteiger partial charge in [-0.15, -0.1) is 0 Å². The van der Waals surface area contributed by atoms with Gasteiger partial charge in [-0.1, -0.05) is 41.6 Å². The quantitative estimate of drug-likeness (QED) is 0.700. The Balaban J connectivity index is 1.79. The van der Waals surface area contributed by atoms with Crippen molar-refractivity contribution < 1.29 is 4.74 Å². The van der Waals surface area contributed by atoms with Crippen molar-refractivity contribution in [2.24, 2.45) is 11.8 Å². The molecular weight excluding hydrogens is 240 g/mol. The summed E-state index contributed by atoms with van der Waals surface area (Å²) in [5.74, 6) is 1.86. The Morgan fingerprint density at radius 1 is 1.14 bits per heavy atom. The van der Waals surface area contributed by atoms with Crippen LogP contribution >= 0.6 is 15.9 Å². The van der Waals surface area contributed by atoms with Crippen LogP contribution in [0.5, 0.6) is 0 Å². The monoisotopic (exact) mass is 260 g/mol. The Morgan fingerprint density at radius 3 is 2.50 bits per heavy atom. The Kier molecular flexibility index (Phi) is 4.30. The van der Waals surface area contributed by atoms with E-state index >= 15 is 0 Å². The summed E-state index contributed by atoms with van der Waals surface area (Å²) in [7, 11) is 0. The lowest BCUT2D eigenvalue weighted by molar-refractivity contribution is 0.0838. The van der Waals surface area contributed by atoms with E-state index in [2.05, 4.69) is 15.9 Å². The van der Waals surface area contributed by atoms with Gasteiger partial charge in [-0.05, 0) is 31.1 Å². The molecule has 2 fully saturated rings. The van der Waals surface area contributed by atoms with Crippen molar-refractivity contribution in [3.05, 3.63) is 0 Å². The molecule has 2 unspecified atom stereocenters. The third-order valence-corrected chi connectivity index (χ3v) is 4.69. The molecule has 0 aromatic heterocycles. The number of hydrogen-bond acceptors (Lipinski definition) is 1. The zero-order valence-corrected chi connectivity index (χ0v) is 10.5. The van der Waals surface area contributed by atoms with Gasteiger partial charge in [0.05, 0.1) is 6.10 Å². The van der Waals surface area contributed by atoms with Crippen LogP contribution in [0.2, 0.25) is 0 Å². The molecule has 0 bridgehead atoms. The second-order valence-corrected chi connectivity index (χ2v) is 5.48. The number of ether oxygens (including phenoxy) is 1. The zero-order chi connectivity index (χ0) is 9.80. The van der Waals surface area contributed by atoms with E-state index < -0.39 is 0 Å². The van der Waals surface area contributed by atoms with Crippen LogP contribution in [0.3, 0.4) is 0 Å². The first kappa shape index (κ1) is 10.9. The third-order valence-electron chi connectivity index (χ3n) is 3.85. The first-order chi connectivity index (χ1) is 6.90. The Labute approximate surface area is 95.7 Å². The maximum Gasteiger partial charge on any atom is 0.0579 e.